The summed E-state index contributed by atoms with van der Waals surface area (Å²) in [6, 6.07) is 6.42. The van der Waals surface area contributed by atoms with Gasteiger partial charge in [-0.1, -0.05) is 34.6 Å². The lowest BCUT2D eigenvalue weighted by atomic mass is 10.2. The van der Waals surface area contributed by atoms with Crippen molar-refractivity contribution < 1.29 is 0 Å². The van der Waals surface area contributed by atoms with Crippen molar-refractivity contribution in [2.24, 2.45) is 5.92 Å². The van der Waals surface area contributed by atoms with Gasteiger partial charge in [0.05, 0.1) is 5.52 Å². The van der Waals surface area contributed by atoms with Crippen LogP contribution in [-0.2, 0) is 0 Å². The largest absolute Gasteiger partial charge is 0.369 e. The fourth-order valence-electron chi connectivity index (χ4n) is 1.90. The molecule has 1 aromatic carbocycles. The van der Waals surface area contributed by atoms with Gasteiger partial charge in [-0.2, -0.15) is 0 Å². The number of nitrogens with zero attached hydrogens (tertiary/aromatic N) is 2. The van der Waals surface area contributed by atoms with Gasteiger partial charge >= 0.3 is 0 Å². The van der Waals surface area contributed by atoms with Crippen LogP contribution in [0.5, 0.6) is 0 Å². The second-order valence-corrected chi connectivity index (χ2v) is 8.29. The van der Waals surface area contributed by atoms with Crippen molar-refractivity contribution in [1.29, 1.82) is 0 Å². The number of thioether (sulfide) groups is 1. The van der Waals surface area contributed by atoms with E-state index in [1.54, 1.807) is 6.33 Å². The Bertz CT molecular complexity index is 588. The molecule has 0 aliphatic heterocycles. The zero-order valence-electron chi connectivity index (χ0n) is 12.9. The number of fused-ring (bicyclic) bond motifs is 1. The predicted octanol–water partition coefficient (Wildman–Crippen LogP) is 4.59. The SMILES string of the molecule is CC(C)CNc1ncnc2cc(SC(C)(C)C)ccc12. The Balaban J connectivity index is 2.30. The van der Waals surface area contributed by atoms with Gasteiger partial charge in [-0.25, -0.2) is 9.97 Å². The average Bonchev–Trinajstić information content (AvgIpc) is 2.33. The van der Waals surface area contributed by atoms with E-state index in [-0.39, 0.29) is 4.75 Å². The molecule has 0 atom stereocenters. The maximum absolute atomic E-state index is 4.40. The number of hydrogen-bond acceptors (Lipinski definition) is 4. The van der Waals surface area contributed by atoms with Crippen LogP contribution in [-0.4, -0.2) is 21.3 Å². The van der Waals surface area contributed by atoms with Crippen molar-refractivity contribution in [3.63, 3.8) is 0 Å². The Morgan fingerprint density at radius 2 is 1.95 bits per heavy atom. The van der Waals surface area contributed by atoms with Crippen molar-refractivity contribution in [2.75, 3.05) is 11.9 Å². The molecule has 0 fully saturated rings. The van der Waals surface area contributed by atoms with Crippen molar-refractivity contribution >= 4 is 28.5 Å². The van der Waals surface area contributed by atoms with Gasteiger partial charge in [-0.05, 0) is 24.1 Å². The molecule has 4 heteroatoms. The van der Waals surface area contributed by atoms with Crippen molar-refractivity contribution in [3.05, 3.63) is 24.5 Å². The summed E-state index contributed by atoms with van der Waals surface area (Å²) in [6.45, 7) is 12.0. The Labute approximate surface area is 125 Å². The van der Waals surface area contributed by atoms with Crippen LogP contribution in [0.1, 0.15) is 34.6 Å². The summed E-state index contributed by atoms with van der Waals surface area (Å²) >= 11 is 1.86. The Hall–Kier alpha value is -1.29. The molecule has 1 heterocycles. The summed E-state index contributed by atoms with van der Waals surface area (Å²) in [5.41, 5.74) is 1.00. The molecule has 0 unspecified atom stereocenters. The number of aromatic nitrogens is 2. The lowest BCUT2D eigenvalue weighted by molar-refractivity contribution is 0.687. The minimum absolute atomic E-state index is 0.208. The molecule has 0 aliphatic rings. The molecule has 0 aliphatic carbocycles. The molecule has 108 valence electrons. The van der Waals surface area contributed by atoms with Crippen molar-refractivity contribution in [3.8, 4) is 0 Å². The number of hydrogen-bond donors (Lipinski definition) is 1. The molecule has 0 saturated heterocycles. The third-order valence-electron chi connectivity index (χ3n) is 2.71. The van der Waals surface area contributed by atoms with Gasteiger partial charge in [-0.3, -0.25) is 0 Å². The van der Waals surface area contributed by atoms with Gasteiger partial charge in [0.2, 0.25) is 0 Å². The van der Waals surface area contributed by atoms with Crippen LogP contribution < -0.4 is 5.32 Å². The van der Waals surface area contributed by atoms with Gasteiger partial charge in [-0.15, -0.1) is 11.8 Å². The maximum atomic E-state index is 4.40. The summed E-state index contributed by atoms with van der Waals surface area (Å²) in [7, 11) is 0. The fourth-order valence-corrected chi connectivity index (χ4v) is 2.91. The molecule has 20 heavy (non-hydrogen) atoms. The summed E-state index contributed by atoms with van der Waals surface area (Å²) in [5, 5.41) is 4.49. The monoisotopic (exact) mass is 289 g/mol. The molecule has 0 saturated carbocycles. The summed E-state index contributed by atoms with van der Waals surface area (Å²) in [6.07, 6.45) is 1.64. The van der Waals surface area contributed by atoms with Crippen molar-refractivity contribution in [1.82, 2.24) is 9.97 Å². The standard InChI is InChI=1S/C16H23N3S/c1-11(2)9-17-15-13-7-6-12(20-16(3,4)5)8-14(13)18-10-19-15/h6-8,10-11H,9H2,1-5H3,(H,17,18,19). The molecule has 3 nitrogen and oxygen atoms in total. The van der Waals surface area contributed by atoms with E-state index in [4.69, 9.17) is 0 Å². The van der Waals surface area contributed by atoms with E-state index >= 15 is 0 Å². The highest BCUT2D eigenvalue weighted by atomic mass is 32.2. The van der Waals surface area contributed by atoms with Crippen molar-refractivity contribution in [2.45, 2.75) is 44.3 Å². The minimum Gasteiger partial charge on any atom is -0.369 e. The highest BCUT2D eigenvalue weighted by Gasteiger charge is 2.13. The predicted molar refractivity (Wildman–Crippen MR) is 88.5 cm³/mol. The normalized spacial score (nSPS) is 12.1. The van der Waals surface area contributed by atoms with Gasteiger partial charge in [0.15, 0.2) is 0 Å². The lowest BCUT2D eigenvalue weighted by Crippen LogP contribution is -2.10. The Kier molecular flexibility index (Phi) is 4.53. The first-order chi connectivity index (χ1) is 9.35. The van der Waals surface area contributed by atoms with Crippen LogP contribution in [0.3, 0.4) is 0 Å². The van der Waals surface area contributed by atoms with Crippen LogP contribution in [0, 0.1) is 5.92 Å². The Morgan fingerprint density at radius 1 is 1.20 bits per heavy atom. The van der Waals surface area contributed by atoms with Gasteiger partial charge in [0.25, 0.3) is 0 Å². The quantitative estimate of drug-likeness (QED) is 0.835. The van der Waals surface area contributed by atoms with Crippen LogP contribution in [0.2, 0.25) is 0 Å². The second-order valence-electron chi connectivity index (χ2n) is 6.39. The number of rotatable bonds is 4. The van der Waals surface area contributed by atoms with E-state index in [0.717, 1.165) is 23.3 Å². The molecular formula is C16H23N3S. The number of nitrogens with one attached hydrogen (secondary N) is 1. The molecule has 2 aromatic rings. The Morgan fingerprint density at radius 3 is 2.60 bits per heavy atom. The fraction of sp³-hybridized carbons (Fsp3) is 0.500. The highest BCUT2D eigenvalue weighted by molar-refractivity contribution is 8.00. The molecule has 0 radical (unpaired) electrons. The van der Waals surface area contributed by atoms with E-state index in [2.05, 4.69) is 68.1 Å². The third kappa shape index (κ3) is 4.10. The number of anilines is 1. The molecule has 1 N–H and O–H groups in total. The number of benzene rings is 1. The van der Waals surface area contributed by atoms with Crippen LogP contribution in [0.4, 0.5) is 5.82 Å². The van der Waals surface area contributed by atoms with Crippen LogP contribution in [0.25, 0.3) is 10.9 Å². The molecule has 0 spiro atoms. The molecule has 2 rings (SSSR count). The molecular weight excluding hydrogens is 266 g/mol. The molecule has 0 amide bonds. The topological polar surface area (TPSA) is 37.8 Å². The smallest absolute Gasteiger partial charge is 0.137 e. The summed E-state index contributed by atoms with van der Waals surface area (Å²) < 4.78 is 0.208. The van der Waals surface area contributed by atoms with Gasteiger partial charge < -0.3 is 5.32 Å². The third-order valence-corrected chi connectivity index (χ3v) is 3.81. The van der Waals surface area contributed by atoms with E-state index in [9.17, 15) is 0 Å². The highest BCUT2D eigenvalue weighted by Crippen LogP contribution is 2.33. The first-order valence-electron chi connectivity index (χ1n) is 7.03. The lowest BCUT2D eigenvalue weighted by Gasteiger charge is -2.18. The first-order valence-corrected chi connectivity index (χ1v) is 7.84. The minimum atomic E-state index is 0.208. The first kappa shape index (κ1) is 15.1. The maximum Gasteiger partial charge on any atom is 0.137 e. The summed E-state index contributed by atoms with van der Waals surface area (Å²) in [4.78, 5) is 10.00. The van der Waals surface area contributed by atoms with E-state index in [1.165, 1.54) is 4.90 Å². The van der Waals surface area contributed by atoms with Gasteiger partial charge in [0, 0.05) is 21.6 Å². The summed E-state index contributed by atoms with van der Waals surface area (Å²) in [5.74, 6) is 1.52. The second kappa shape index (κ2) is 6.00. The zero-order valence-corrected chi connectivity index (χ0v) is 13.7. The van der Waals surface area contributed by atoms with Crippen LogP contribution in [0.15, 0.2) is 29.4 Å². The van der Waals surface area contributed by atoms with Crippen LogP contribution >= 0.6 is 11.8 Å². The average molecular weight is 289 g/mol. The van der Waals surface area contributed by atoms with Gasteiger partial charge in [0.1, 0.15) is 12.1 Å². The molecule has 1 aromatic heterocycles. The van der Waals surface area contributed by atoms with E-state index in [0.29, 0.717) is 5.92 Å². The zero-order chi connectivity index (χ0) is 14.8. The van der Waals surface area contributed by atoms with E-state index in [1.807, 2.05) is 11.8 Å². The van der Waals surface area contributed by atoms with E-state index < -0.39 is 0 Å². The molecule has 0 bridgehead atoms.